The van der Waals surface area contributed by atoms with Crippen LogP contribution < -0.4 is 0 Å². The molecule has 0 radical (unpaired) electrons. The van der Waals surface area contributed by atoms with E-state index in [2.05, 4.69) is 0 Å². The fourth-order valence-corrected chi connectivity index (χ4v) is 2.56. The number of esters is 1. The van der Waals surface area contributed by atoms with Crippen molar-refractivity contribution >= 4 is 34.4 Å². The number of carbonyl (C=O) groups is 1. The quantitative estimate of drug-likeness (QED) is 0.484. The van der Waals surface area contributed by atoms with Crippen LogP contribution in [0.25, 0.3) is 16.8 Å². The van der Waals surface area contributed by atoms with Crippen LogP contribution in [0, 0.1) is 0 Å². The zero-order valence-electron chi connectivity index (χ0n) is 12.4. The number of benzene rings is 3. The van der Waals surface area contributed by atoms with E-state index < -0.39 is 5.97 Å². The Morgan fingerprint density at radius 1 is 0.957 bits per heavy atom. The predicted molar refractivity (Wildman–Crippen MR) is 94.2 cm³/mol. The van der Waals surface area contributed by atoms with Crippen molar-refractivity contribution in [1.82, 2.24) is 0 Å². The summed E-state index contributed by atoms with van der Waals surface area (Å²) in [6.07, 6.45) is 3.22. The van der Waals surface area contributed by atoms with E-state index >= 15 is 0 Å². The van der Waals surface area contributed by atoms with Gasteiger partial charge in [-0.25, -0.2) is 4.79 Å². The molecule has 23 heavy (non-hydrogen) atoms. The fourth-order valence-electron chi connectivity index (χ4n) is 2.37. The highest BCUT2D eigenvalue weighted by Gasteiger charge is 2.03. The molecule has 0 aliphatic carbocycles. The molecule has 0 spiro atoms. The molecule has 3 rings (SSSR count). The van der Waals surface area contributed by atoms with E-state index in [1.54, 1.807) is 12.1 Å². The lowest BCUT2D eigenvalue weighted by Gasteiger charge is -2.04. The molecule has 0 aromatic heterocycles. The van der Waals surface area contributed by atoms with Gasteiger partial charge in [-0.15, -0.1) is 0 Å². The van der Waals surface area contributed by atoms with E-state index in [4.69, 9.17) is 16.3 Å². The minimum atomic E-state index is -0.391. The average Bonchev–Trinajstić information content (AvgIpc) is 2.59. The molecule has 2 nitrogen and oxygen atoms in total. The Balaban J connectivity index is 1.70. The Kier molecular flexibility index (Phi) is 4.74. The van der Waals surface area contributed by atoms with Gasteiger partial charge in [-0.05, 0) is 28.5 Å². The van der Waals surface area contributed by atoms with Gasteiger partial charge in [0.1, 0.15) is 6.61 Å². The number of halogens is 1. The van der Waals surface area contributed by atoms with Crippen molar-refractivity contribution in [3.05, 3.63) is 89.0 Å². The average molecular weight is 323 g/mol. The highest BCUT2D eigenvalue weighted by Crippen LogP contribution is 2.20. The molecule has 3 aromatic carbocycles. The van der Waals surface area contributed by atoms with Crippen molar-refractivity contribution < 1.29 is 9.53 Å². The third kappa shape index (κ3) is 3.79. The lowest BCUT2D eigenvalue weighted by molar-refractivity contribution is -0.138. The first kappa shape index (κ1) is 15.3. The van der Waals surface area contributed by atoms with Crippen LogP contribution in [-0.4, -0.2) is 5.97 Å². The maximum absolute atomic E-state index is 11.9. The summed E-state index contributed by atoms with van der Waals surface area (Å²) in [6, 6.07) is 21.4. The molecular weight excluding hydrogens is 308 g/mol. The normalized spacial score (nSPS) is 11.0. The lowest BCUT2D eigenvalue weighted by atomic mass is 10.0. The summed E-state index contributed by atoms with van der Waals surface area (Å²) in [6.45, 7) is 0.165. The summed E-state index contributed by atoms with van der Waals surface area (Å²) in [5.74, 6) is -0.391. The van der Waals surface area contributed by atoms with Gasteiger partial charge in [0, 0.05) is 16.7 Å². The molecule has 0 aliphatic rings. The molecular formula is C20H15ClO2. The van der Waals surface area contributed by atoms with Crippen LogP contribution in [0.4, 0.5) is 0 Å². The van der Waals surface area contributed by atoms with Gasteiger partial charge in [0.2, 0.25) is 0 Å². The second-order valence-corrected chi connectivity index (χ2v) is 5.51. The van der Waals surface area contributed by atoms with Gasteiger partial charge >= 0.3 is 5.97 Å². The highest BCUT2D eigenvalue weighted by molar-refractivity contribution is 6.31. The molecule has 0 fully saturated rings. The molecule has 0 atom stereocenters. The van der Waals surface area contributed by atoms with Gasteiger partial charge in [0.25, 0.3) is 0 Å². The maximum atomic E-state index is 11.9. The van der Waals surface area contributed by atoms with Gasteiger partial charge in [0.15, 0.2) is 0 Å². The largest absolute Gasteiger partial charge is 0.458 e. The van der Waals surface area contributed by atoms with Gasteiger partial charge in [-0.2, -0.15) is 0 Å². The third-order valence-corrected chi connectivity index (χ3v) is 3.92. The molecule has 0 bridgehead atoms. The Morgan fingerprint density at radius 3 is 2.57 bits per heavy atom. The second-order valence-electron chi connectivity index (χ2n) is 5.10. The van der Waals surface area contributed by atoms with Crippen LogP contribution in [-0.2, 0) is 16.1 Å². The molecule has 3 aromatic rings. The Morgan fingerprint density at radius 2 is 1.70 bits per heavy atom. The van der Waals surface area contributed by atoms with Crippen molar-refractivity contribution in [2.75, 3.05) is 0 Å². The molecule has 0 heterocycles. The molecule has 0 saturated heterocycles. The van der Waals surface area contributed by atoms with Gasteiger partial charge in [-0.1, -0.05) is 72.3 Å². The minimum absolute atomic E-state index is 0.165. The summed E-state index contributed by atoms with van der Waals surface area (Å²) in [4.78, 5) is 11.9. The van der Waals surface area contributed by atoms with Crippen molar-refractivity contribution in [2.45, 2.75) is 6.61 Å². The summed E-state index contributed by atoms with van der Waals surface area (Å²) >= 11 is 6.04. The summed E-state index contributed by atoms with van der Waals surface area (Å²) in [7, 11) is 0. The van der Waals surface area contributed by atoms with E-state index in [1.165, 1.54) is 6.08 Å². The van der Waals surface area contributed by atoms with Gasteiger partial charge in [-0.3, -0.25) is 0 Å². The molecule has 0 amide bonds. The number of fused-ring (bicyclic) bond motifs is 1. The van der Waals surface area contributed by atoms with Crippen LogP contribution in [0.3, 0.4) is 0 Å². The van der Waals surface area contributed by atoms with Crippen molar-refractivity contribution in [3.63, 3.8) is 0 Å². The maximum Gasteiger partial charge on any atom is 0.331 e. The smallest absolute Gasteiger partial charge is 0.331 e. The Labute approximate surface area is 140 Å². The van der Waals surface area contributed by atoms with Crippen molar-refractivity contribution in [1.29, 1.82) is 0 Å². The van der Waals surface area contributed by atoms with Crippen LogP contribution in [0.5, 0.6) is 0 Å². The number of hydrogen-bond donors (Lipinski definition) is 0. The molecule has 0 aliphatic heterocycles. The fraction of sp³-hybridized carbons (Fsp3) is 0.0500. The first-order valence-corrected chi connectivity index (χ1v) is 7.68. The Hall–Kier alpha value is -2.58. The second kappa shape index (κ2) is 7.12. The summed E-state index contributed by atoms with van der Waals surface area (Å²) < 4.78 is 5.23. The monoisotopic (exact) mass is 322 g/mol. The van der Waals surface area contributed by atoms with Crippen molar-refractivity contribution in [3.8, 4) is 0 Å². The zero-order valence-corrected chi connectivity index (χ0v) is 13.2. The molecule has 114 valence electrons. The van der Waals surface area contributed by atoms with E-state index in [0.29, 0.717) is 5.02 Å². The zero-order chi connectivity index (χ0) is 16.1. The van der Waals surface area contributed by atoms with E-state index in [9.17, 15) is 4.79 Å². The van der Waals surface area contributed by atoms with Gasteiger partial charge < -0.3 is 4.74 Å². The van der Waals surface area contributed by atoms with Crippen LogP contribution in [0.1, 0.15) is 11.1 Å². The number of hydrogen-bond acceptors (Lipinski definition) is 2. The molecule has 0 unspecified atom stereocenters. The van der Waals surface area contributed by atoms with Crippen LogP contribution in [0.15, 0.2) is 72.8 Å². The third-order valence-electron chi connectivity index (χ3n) is 3.55. The number of carbonyl (C=O) groups excluding carboxylic acids is 1. The van der Waals surface area contributed by atoms with Gasteiger partial charge in [0.05, 0.1) is 0 Å². The van der Waals surface area contributed by atoms with E-state index in [-0.39, 0.29) is 6.61 Å². The first-order chi connectivity index (χ1) is 11.2. The topological polar surface area (TPSA) is 26.3 Å². The molecule has 0 saturated carbocycles. The Bertz CT molecular complexity index is 863. The number of rotatable bonds is 4. The minimum Gasteiger partial charge on any atom is -0.458 e. The molecule has 3 heteroatoms. The SMILES string of the molecule is O=C(/C=C/c1cccc2ccccc12)OCc1ccccc1Cl. The first-order valence-electron chi connectivity index (χ1n) is 7.30. The predicted octanol–water partition coefficient (Wildman–Crippen LogP) is 5.25. The standard InChI is InChI=1S/C20H15ClO2/c21-19-11-4-2-7-17(19)14-23-20(22)13-12-16-9-5-8-15-6-1-3-10-18(15)16/h1-13H,14H2/b13-12+. The van der Waals surface area contributed by atoms with E-state index in [1.807, 2.05) is 60.7 Å². The highest BCUT2D eigenvalue weighted by atomic mass is 35.5. The summed E-state index contributed by atoms with van der Waals surface area (Å²) in [5.41, 5.74) is 1.78. The van der Waals surface area contributed by atoms with Crippen LogP contribution in [0.2, 0.25) is 5.02 Å². The van der Waals surface area contributed by atoms with E-state index in [0.717, 1.165) is 21.9 Å². The van der Waals surface area contributed by atoms with Crippen LogP contribution >= 0.6 is 11.6 Å². The number of ether oxygens (including phenoxy) is 1. The molecule has 0 N–H and O–H groups in total. The summed E-state index contributed by atoms with van der Waals surface area (Å²) in [5, 5.41) is 2.84. The lowest BCUT2D eigenvalue weighted by Crippen LogP contribution is -2.01. The van der Waals surface area contributed by atoms with Crippen molar-refractivity contribution in [2.24, 2.45) is 0 Å².